The molecule has 1 atom stereocenters. The summed E-state index contributed by atoms with van der Waals surface area (Å²) >= 11 is 5.87. The highest BCUT2D eigenvalue weighted by atomic mass is 35.5. The Hall–Kier alpha value is -3.39. The Balaban J connectivity index is 1.52. The van der Waals surface area contributed by atoms with Crippen molar-refractivity contribution in [1.82, 2.24) is 0 Å². The average molecular weight is 459 g/mol. The van der Waals surface area contributed by atoms with E-state index in [1.54, 1.807) is 62.4 Å². The maximum absolute atomic E-state index is 12.4. The molecule has 1 saturated heterocycles. The number of carbonyl (C=O) groups excluding carboxylic acids is 4. The Morgan fingerprint density at radius 3 is 2.53 bits per heavy atom. The minimum atomic E-state index is -0.688. The molecule has 8 nitrogen and oxygen atoms in total. The molecule has 0 spiro atoms. The number of ether oxygens (including phenoxy) is 2. The summed E-state index contributed by atoms with van der Waals surface area (Å²) in [6.45, 7) is 3.18. The van der Waals surface area contributed by atoms with Crippen molar-refractivity contribution in [2.75, 3.05) is 23.4 Å². The molecule has 0 saturated carbocycles. The Labute approximate surface area is 190 Å². The number of amides is 2. The van der Waals surface area contributed by atoms with Crippen molar-refractivity contribution in [1.29, 1.82) is 0 Å². The number of benzene rings is 2. The summed E-state index contributed by atoms with van der Waals surface area (Å²) in [5.74, 6) is -2.51. The predicted octanol–water partition coefficient (Wildman–Crippen LogP) is 3.44. The molecule has 1 N–H and O–H groups in total. The summed E-state index contributed by atoms with van der Waals surface area (Å²) in [4.78, 5) is 50.2. The van der Waals surface area contributed by atoms with Crippen LogP contribution in [0.3, 0.4) is 0 Å². The van der Waals surface area contributed by atoms with E-state index in [0.717, 1.165) is 0 Å². The molecular formula is C23H23ClN2O6. The largest absolute Gasteiger partial charge is 0.459 e. The Morgan fingerprint density at radius 2 is 1.88 bits per heavy atom. The Kier molecular flexibility index (Phi) is 7.48. The van der Waals surface area contributed by atoms with Gasteiger partial charge in [0.15, 0.2) is 6.61 Å². The number of rotatable bonds is 7. The normalized spacial score (nSPS) is 15.6. The van der Waals surface area contributed by atoms with Crippen LogP contribution in [0.25, 0.3) is 0 Å². The van der Waals surface area contributed by atoms with Crippen LogP contribution < -0.4 is 10.2 Å². The molecule has 2 aromatic rings. The van der Waals surface area contributed by atoms with E-state index in [-0.39, 0.29) is 25.0 Å². The van der Waals surface area contributed by atoms with Crippen molar-refractivity contribution >= 4 is 46.7 Å². The van der Waals surface area contributed by atoms with Crippen molar-refractivity contribution in [3.05, 3.63) is 59.1 Å². The summed E-state index contributed by atoms with van der Waals surface area (Å²) in [5, 5.41) is 3.05. The van der Waals surface area contributed by atoms with Gasteiger partial charge in [-0.15, -0.1) is 0 Å². The topological polar surface area (TPSA) is 102 Å². The van der Waals surface area contributed by atoms with Gasteiger partial charge >= 0.3 is 11.9 Å². The lowest BCUT2D eigenvalue weighted by Gasteiger charge is -2.17. The van der Waals surface area contributed by atoms with E-state index in [1.165, 1.54) is 4.90 Å². The van der Waals surface area contributed by atoms with Crippen LogP contribution in [0, 0.1) is 5.92 Å². The first-order valence-electron chi connectivity index (χ1n) is 10.1. The Morgan fingerprint density at radius 1 is 1.16 bits per heavy atom. The third-order valence-corrected chi connectivity index (χ3v) is 4.90. The molecule has 3 rings (SSSR count). The second-order valence-electron chi connectivity index (χ2n) is 7.57. The fourth-order valence-electron chi connectivity index (χ4n) is 3.19. The van der Waals surface area contributed by atoms with Gasteiger partial charge in [-0.25, -0.2) is 4.79 Å². The maximum atomic E-state index is 12.4. The number of hydrogen-bond donors (Lipinski definition) is 1. The van der Waals surface area contributed by atoms with Gasteiger partial charge in [-0.05, 0) is 56.3 Å². The van der Waals surface area contributed by atoms with Crippen LogP contribution >= 0.6 is 11.6 Å². The van der Waals surface area contributed by atoms with Gasteiger partial charge in [0.1, 0.15) is 0 Å². The molecule has 1 heterocycles. The van der Waals surface area contributed by atoms with E-state index >= 15 is 0 Å². The zero-order valence-corrected chi connectivity index (χ0v) is 18.4. The fraction of sp³-hybridized carbons (Fsp3) is 0.304. The van der Waals surface area contributed by atoms with Crippen LogP contribution in [0.5, 0.6) is 0 Å². The standard InChI is InChI=1S/C23H23ClN2O6/c1-14(2)32-23(30)15-6-8-19(9-7-15)26-12-16(10-21(26)28)22(29)31-13-20(27)25-18-5-3-4-17(24)11-18/h3-9,11,14,16H,10,12-13H2,1-2H3,(H,25,27)/t16-/m1/s1. The summed E-state index contributed by atoms with van der Waals surface area (Å²) in [7, 11) is 0. The molecule has 168 valence electrons. The summed E-state index contributed by atoms with van der Waals surface area (Å²) in [5.41, 5.74) is 1.42. The zero-order valence-electron chi connectivity index (χ0n) is 17.7. The lowest BCUT2D eigenvalue weighted by atomic mass is 10.1. The number of esters is 2. The molecule has 2 amide bonds. The molecule has 32 heavy (non-hydrogen) atoms. The van der Waals surface area contributed by atoms with Gasteiger partial charge in [0, 0.05) is 29.4 Å². The Bertz CT molecular complexity index is 1020. The molecule has 1 aliphatic heterocycles. The van der Waals surface area contributed by atoms with Gasteiger partial charge in [-0.2, -0.15) is 0 Å². The van der Waals surface area contributed by atoms with Gasteiger partial charge in [-0.1, -0.05) is 17.7 Å². The molecule has 1 fully saturated rings. The molecule has 1 aliphatic rings. The highest BCUT2D eigenvalue weighted by Gasteiger charge is 2.36. The smallest absolute Gasteiger partial charge is 0.338 e. The second kappa shape index (κ2) is 10.3. The third kappa shape index (κ3) is 6.07. The van der Waals surface area contributed by atoms with E-state index in [4.69, 9.17) is 21.1 Å². The highest BCUT2D eigenvalue weighted by molar-refractivity contribution is 6.30. The molecule has 9 heteroatoms. The van der Waals surface area contributed by atoms with Crippen molar-refractivity contribution in [2.45, 2.75) is 26.4 Å². The number of nitrogens with zero attached hydrogens (tertiary/aromatic N) is 1. The average Bonchev–Trinajstić information content (AvgIpc) is 3.13. The molecule has 0 radical (unpaired) electrons. The van der Waals surface area contributed by atoms with Gasteiger partial charge in [0.05, 0.1) is 17.6 Å². The molecule has 0 aromatic heterocycles. The van der Waals surface area contributed by atoms with Gasteiger partial charge < -0.3 is 19.7 Å². The lowest BCUT2D eigenvalue weighted by molar-refractivity contribution is -0.151. The first-order chi connectivity index (χ1) is 15.2. The van der Waals surface area contributed by atoms with Crippen LogP contribution in [0.4, 0.5) is 11.4 Å². The van der Waals surface area contributed by atoms with Gasteiger partial charge in [-0.3, -0.25) is 14.4 Å². The zero-order chi connectivity index (χ0) is 23.3. The van der Waals surface area contributed by atoms with Crippen molar-refractivity contribution in [3.63, 3.8) is 0 Å². The SMILES string of the molecule is CC(C)OC(=O)c1ccc(N2C[C@H](C(=O)OCC(=O)Nc3cccc(Cl)c3)CC2=O)cc1. The number of nitrogens with one attached hydrogen (secondary N) is 1. The number of hydrogen-bond acceptors (Lipinski definition) is 6. The van der Waals surface area contributed by atoms with Gasteiger partial charge in [0.25, 0.3) is 5.91 Å². The second-order valence-corrected chi connectivity index (χ2v) is 8.01. The maximum Gasteiger partial charge on any atom is 0.338 e. The lowest BCUT2D eigenvalue weighted by Crippen LogP contribution is -2.28. The quantitative estimate of drug-likeness (QED) is 0.638. The molecule has 2 aromatic carbocycles. The first kappa shape index (κ1) is 23.3. The number of carbonyl (C=O) groups is 4. The molecular weight excluding hydrogens is 436 g/mol. The summed E-state index contributed by atoms with van der Waals surface area (Å²) < 4.78 is 10.2. The minimum Gasteiger partial charge on any atom is -0.459 e. The molecule has 0 aliphatic carbocycles. The van der Waals surface area contributed by atoms with Crippen LogP contribution in [-0.4, -0.2) is 43.0 Å². The van der Waals surface area contributed by atoms with Crippen LogP contribution in [0.2, 0.25) is 5.02 Å². The van der Waals surface area contributed by atoms with E-state index in [9.17, 15) is 19.2 Å². The first-order valence-corrected chi connectivity index (χ1v) is 10.4. The van der Waals surface area contributed by atoms with Crippen LogP contribution in [0.15, 0.2) is 48.5 Å². The molecule has 0 unspecified atom stereocenters. The third-order valence-electron chi connectivity index (χ3n) is 4.67. The van der Waals surface area contributed by atoms with Gasteiger partial charge in [0.2, 0.25) is 5.91 Å². The molecule has 0 bridgehead atoms. The predicted molar refractivity (Wildman–Crippen MR) is 118 cm³/mol. The summed E-state index contributed by atoms with van der Waals surface area (Å²) in [6, 6.07) is 13.0. The number of anilines is 2. The minimum absolute atomic E-state index is 0.0219. The van der Waals surface area contributed by atoms with Crippen molar-refractivity contribution < 1.29 is 28.7 Å². The van der Waals surface area contributed by atoms with E-state index < -0.39 is 30.4 Å². The van der Waals surface area contributed by atoms with Crippen molar-refractivity contribution in [2.24, 2.45) is 5.92 Å². The van der Waals surface area contributed by atoms with Crippen LogP contribution in [-0.2, 0) is 23.9 Å². The van der Waals surface area contributed by atoms with Crippen molar-refractivity contribution in [3.8, 4) is 0 Å². The van der Waals surface area contributed by atoms with E-state index in [0.29, 0.717) is 22.0 Å². The summed E-state index contributed by atoms with van der Waals surface area (Å²) in [6.07, 6.45) is -0.256. The fourth-order valence-corrected chi connectivity index (χ4v) is 3.38. The monoisotopic (exact) mass is 458 g/mol. The number of halogens is 1. The van der Waals surface area contributed by atoms with E-state index in [2.05, 4.69) is 5.32 Å². The highest BCUT2D eigenvalue weighted by Crippen LogP contribution is 2.26. The van der Waals surface area contributed by atoms with Crippen LogP contribution in [0.1, 0.15) is 30.6 Å². The van der Waals surface area contributed by atoms with E-state index in [1.807, 2.05) is 0 Å².